The Morgan fingerprint density at radius 2 is 1.92 bits per heavy atom. The van der Waals surface area contributed by atoms with Gasteiger partial charge in [-0.2, -0.15) is 0 Å². The molecule has 0 saturated carbocycles. The summed E-state index contributed by atoms with van der Waals surface area (Å²) in [6.45, 7) is 6.45. The maximum atomic E-state index is 5.40. The largest absolute Gasteiger partial charge is 0.497 e. The Bertz CT molecular complexity index is 658. The third kappa shape index (κ3) is 4.93. The zero-order valence-corrected chi connectivity index (χ0v) is 15.0. The van der Waals surface area contributed by atoms with Gasteiger partial charge in [0.1, 0.15) is 5.75 Å². The summed E-state index contributed by atoms with van der Waals surface area (Å²) >= 11 is 1.67. The van der Waals surface area contributed by atoms with E-state index in [0.29, 0.717) is 0 Å². The Morgan fingerprint density at radius 3 is 2.62 bits per heavy atom. The first-order valence-electron chi connectivity index (χ1n) is 8.13. The molecular formula is C18H23N3O2S. The van der Waals surface area contributed by atoms with Crippen LogP contribution in [0.1, 0.15) is 17.0 Å². The first-order chi connectivity index (χ1) is 11.7. The van der Waals surface area contributed by atoms with Gasteiger partial charge in [-0.05, 0) is 30.7 Å². The first-order valence-corrected chi connectivity index (χ1v) is 9.12. The van der Waals surface area contributed by atoms with Crippen molar-refractivity contribution in [3.05, 3.63) is 47.3 Å². The number of aryl methyl sites for hydroxylation is 1. The molecule has 0 amide bonds. The molecule has 0 atom stereocenters. The number of benzene rings is 1. The van der Waals surface area contributed by atoms with Crippen LogP contribution in [0.3, 0.4) is 0 Å². The lowest BCUT2D eigenvalue weighted by Crippen LogP contribution is -2.35. The second-order valence-corrected chi connectivity index (χ2v) is 6.75. The van der Waals surface area contributed by atoms with E-state index >= 15 is 0 Å². The molecule has 0 N–H and O–H groups in total. The molecule has 2 aromatic rings. The summed E-state index contributed by atoms with van der Waals surface area (Å²) in [6.07, 6.45) is 0. The van der Waals surface area contributed by atoms with Crippen LogP contribution in [0, 0.1) is 6.92 Å². The lowest BCUT2D eigenvalue weighted by molar-refractivity contribution is 0.0335. The molecule has 1 saturated heterocycles. The zero-order chi connectivity index (χ0) is 16.8. The first kappa shape index (κ1) is 17.2. The van der Waals surface area contributed by atoms with Gasteiger partial charge < -0.3 is 9.47 Å². The Morgan fingerprint density at radius 1 is 1.17 bits per heavy atom. The summed E-state index contributed by atoms with van der Waals surface area (Å²) in [6, 6.07) is 10.2. The Hall–Kier alpha value is -1.63. The van der Waals surface area contributed by atoms with Gasteiger partial charge in [-0.1, -0.05) is 23.9 Å². The lowest BCUT2D eigenvalue weighted by atomic mass is 10.2. The maximum absolute atomic E-state index is 5.40. The molecule has 0 spiro atoms. The van der Waals surface area contributed by atoms with Crippen LogP contribution in [0.4, 0.5) is 0 Å². The molecule has 1 aliphatic heterocycles. The van der Waals surface area contributed by atoms with E-state index < -0.39 is 0 Å². The third-order valence-corrected chi connectivity index (χ3v) is 4.82. The van der Waals surface area contributed by atoms with Crippen LogP contribution in [0.25, 0.3) is 0 Å². The number of morpholine rings is 1. The summed E-state index contributed by atoms with van der Waals surface area (Å²) in [5, 5.41) is 0.842. The molecule has 0 radical (unpaired) electrons. The van der Waals surface area contributed by atoms with E-state index in [2.05, 4.69) is 28.1 Å². The van der Waals surface area contributed by atoms with Gasteiger partial charge in [0.25, 0.3) is 0 Å². The molecule has 1 aromatic heterocycles. The highest BCUT2D eigenvalue weighted by Crippen LogP contribution is 2.22. The molecule has 2 heterocycles. The van der Waals surface area contributed by atoms with Crippen molar-refractivity contribution < 1.29 is 9.47 Å². The van der Waals surface area contributed by atoms with E-state index in [-0.39, 0.29) is 0 Å². The van der Waals surface area contributed by atoms with Crippen molar-refractivity contribution in [3.8, 4) is 5.75 Å². The number of hydrogen-bond donors (Lipinski definition) is 0. The summed E-state index contributed by atoms with van der Waals surface area (Å²) in [5.41, 5.74) is 3.34. The molecule has 5 nitrogen and oxygen atoms in total. The standard InChI is InChI=1S/C18H23N3O2S/c1-14-11-16(12-21-7-9-23-10-8-21)20-18(19-14)24-13-15-3-5-17(22-2)6-4-15/h3-6,11H,7-10,12-13H2,1-2H3. The lowest BCUT2D eigenvalue weighted by Gasteiger charge is -2.26. The maximum Gasteiger partial charge on any atom is 0.188 e. The molecule has 24 heavy (non-hydrogen) atoms. The van der Waals surface area contributed by atoms with Gasteiger partial charge in [-0.25, -0.2) is 9.97 Å². The number of rotatable bonds is 6. The number of aromatic nitrogens is 2. The van der Waals surface area contributed by atoms with Crippen molar-refractivity contribution in [2.24, 2.45) is 0 Å². The normalized spacial score (nSPS) is 15.4. The second kappa shape index (κ2) is 8.46. The van der Waals surface area contributed by atoms with Gasteiger partial charge in [-0.15, -0.1) is 0 Å². The number of thioether (sulfide) groups is 1. The summed E-state index contributed by atoms with van der Waals surface area (Å²) in [5.74, 6) is 1.73. The average Bonchev–Trinajstić information content (AvgIpc) is 2.61. The average molecular weight is 345 g/mol. The highest BCUT2D eigenvalue weighted by Gasteiger charge is 2.12. The number of ether oxygens (including phenoxy) is 2. The van der Waals surface area contributed by atoms with Crippen molar-refractivity contribution in [2.75, 3.05) is 33.4 Å². The number of methoxy groups -OCH3 is 1. The predicted octanol–water partition coefficient (Wildman–Crippen LogP) is 2.92. The zero-order valence-electron chi connectivity index (χ0n) is 14.2. The SMILES string of the molecule is COc1ccc(CSc2nc(C)cc(CN3CCOCC3)n2)cc1. The highest BCUT2D eigenvalue weighted by atomic mass is 32.2. The van der Waals surface area contributed by atoms with E-state index in [1.54, 1.807) is 18.9 Å². The molecule has 0 unspecified atom stereocenters. The van der Waals surface area contributed by atoms with Gasteiger partial charge in [0, 0.05) is 31.1 Å². The molecule has 6 heteroatoms. The van der Waals surface area contributed by atoms with E-state index in [4.69, 9.17) is 14.5 Å². The minimum atomic E-state index is 0.809. The van der Waals surface area contributed by atoms with E-state index in [0.717, 1.165) is 60.9 Å². The van der Waals surface area contributed by atoms with Gasteiger partial charge in [0.2, 0.25) is 0 Å². The fourth-order valence-electron chi connectivity index (χ4n) is 2.61. The van der Waals surface area contributed by atoms with E-state index in [9.17, 15) is 0 Å². The van der Waals surface area contributed by atoms with Gasteiger partial charge in [0.05, 0.1) is 26.0 Å². The topological polar surface area (TPSA) is 47.5 Å². The summed E-state index contributed by atoms with van der Waals surface area (Å²) in [4.78, 5) is 11.7. The fourth-order valence-corrected chi connectivity index (χ4v) is 3.49. The van der Waals surface area contributed by atoms with Crippen molar-refractivity contribution in [1.29, 1.82) is 0 Å². The summed E-state index contributed by atoms with van der Waals surface area (Å²) in [7, 11) is 1.68. The number of nitrogens with zero attached hydrogens (tertiary/aromatic N) is 3. The Labute approximate surface area is 147 Å². The molecular weight excluding hydrogens is 322 g/mol. The fraction of sp³-hybridized carbons (Fsp3) is 0.444. The van der Waals surface area contributed by atoms with Crippen LogP contribution in [0.5, 0.6) is 5.75 Å². The van der Waals surface area contributed by atoms with Crippen LogP contribution in [-0.2, 0) is 17.0 Å². The van der Waals surface area contributed by atoms with Crippen molar-refractivity contribution >= 4 is 11.8 Å². The smallest absolute Gasteiger partial charge is 0.188 e. The van der Waals surface area contributed by atoms with Crippen LogP contribution >= 0.6 is 11.8 Å². The molecule has 3 rings (SSSR count). The molecule has 0 bridgehead atoms. The minimum Gasteiger partial charge on any atom is -0.497 e. The van der Waals surface area contributed by atoms with E-state index in [1.165, 1.54) is 5.56 Å². The third-order valence-electron chi connectivity index (χ3n) is 3.90. The summed E-state index contributed by atoms with van der Waals surface area (Å²) < 4.78 is 10.6. The molecule has 1 aliphatic rings. The highest BCUT2D eigenvalue weighted by molar-refractivity contribution is 7.98. The molecule has 0 aliphatic carbocycles. The van der Waals surface area contributed by atoms with E-state index in [1.807, 2.05) is 19.1 Å². The van der Waals surface area contributed by atoms with Crippen molar-refractivity contribution in [2.45, 2.75) is 24.4 Å². The quantitative estimate of drug-likeness (QED) is 0.593. The van der Waals surface area contributed by atoms with Gasteiger partial charge >= 0.3 is 0 Å². The van der Waals surface area contributed by atoms with Crippen LogP contribution in [-0.4, -0.2) is 48.3 Å². The predicted molar refractivity (Wildman–Crippen MR) is 95.4 cm³/mol. The van der Waals surface area contributed by atoms with Crippen LogP contribution < -0.4 is 4.74 Å². The number of hydrogen-bond acceptors (Lipinski definition) is 6. The second-order valence-electron chi connectivity index (χ2n) is 5.81. The Balaban J connectivity index is 1.62. The molecule has 1 fully saturated rings. The van der Waals surface area contributed by atoms with Crippen molar-refractivity contribution in [1.82, 2.24) is 14.9 Å². The van der Waals surface area contributed by atoms with Gasteiger partial charge in [-0.3, -0.25) is 4.90 Å². The Kier molecular flexibility index (Phi) is 6.07. The minimum absolute atomic E-state index is 0.809. The van der Waals surface area contributed by atoms with Crippen LogP contribution in [0.2, 0.25) is 0 Å². The molecule has 1 aromatic carbocycles. The van der Waals surface area contributed by atoms with Crippen LogP contribution in [0.15, 0.2) is 35.5 Å². The van der Waals surface area contributed by atoms with Gasteiger partial charge in [0.15, 0.2) is 5.16 Å². The van der Waals surface area contributed by atoms with Crippen molar-refractivity contribution in [3.63, 3.8) is 0 Å². The monoisotopic (exact) mass is 345 g/mol. The molecule has 128 valence electrons.